The number of ether oxygens (including phenoxy) is 1. The number of carbonyl (C=O) groups is 3. The highest BCUT2D eigenvalue weighted by Crippen LogP contribution is 2.32. The number of thiol groups is 1. The Balaban J connectivity index is 1.48. The first-order valence-corrected chi connectivity index (χ1v) is 12.2. The molecule has 0 saturated carbocycles. The maximum Gasteiger partial charge on any atom is 0.334 e. The van der Waals surface area contributed by atoms with Gasteiger partial charge < -0.3 is 15.0 Å². The predicted octanol–water partition coefficient (Wildman–Crippen LogP) is 4.09. The fourth-order valence-corrected chi connectivity index (χ4v) is 4.69. The van der Waals surface area contributed by atoms with Gasteiger partial charge >= 0.3 is 5.97 Å². The molecule has 1 fully saturated rings. The summed E-state index contributed by atoms with van der Waals surface area (Å²) in [6, 6.07) is 26.2. The van der Waals surface area contributed by atoms with Crippen molar-refractivity contribution < 1.29 is 19.1 Å². The van der Waals surface area contributed by atoms with Crippen LogP contribution in [0.3, 0.4) is 0 Å². The number of carbonyl (C=O) groups excluding carboxylic acids is 3. The van der Waals surface area contributed by atoms with E-state index in [4.69, 9.17) is 4.74 Å². The summed E-state index contributed by atoms with van der Waals surface area (Å²) in [6.07, 6.45) is -0.509. The zero-order valence-electron chi connectivity index (χ0n) is 19.9. The van der Waals surface area contributed by atoms with Crippen LogP contribution in [0, 0.1) is 0 Å². The Labute approximate surface area is 216 Å². The molecule has 1 aliphatic heterocycles. The molecule has 1 aliphatic rings. The van der Waals surface area contributed by atoms with Crippen molar-refractivity contribution in [2.24, 2.45) is 0 Å². The van der Waals surface area contributed by atoms with Crippen molar-refractivity contribution >= 4 is 30.4 Å². The van der Waals surface area contributed by atoms with E-state index in [1.54, 1.807) is 6.92 Å². The minimum absolute atomic E-state index is 0.146. The van der Waals surface area contributed by atoms with Crippen LogP contribution in [0.2, 0.25) is 0 Å². The SMILES string of the molecule is C=C(C)C(C(=O)OC(c1ccccc1)c1ccccc1)N1C(=O)C(NC(=O)Cc2ccccc2)C1S. The molecule has 3 aromatic carbocycles. The molecule has 4 rings (SSSR count). The van der Waals surface area contributed by atoms with Gasteiger partial charge in [-0.1, -0.05) is 97.6 Å². The quantitative estimate of drug-likeness (QED) is 0.201. The number of rotatable bonds is 9. The standard InChI is InChI=1S/C29H28N2O4S/c1-19(2)25(29(34)35-26(21-14-8-4-9-15-21)22-16-10-5-11-17-22)31-27(33)24(28(31)36)30-23(32)18-20-12-6-3-7-13-20/h3-17,24-26,28,36H,1,18H2,2H3,(H,30,32). The fraction of sp³-hybridized carbons (Fsp3) is 0.207. The van der Waals surface area contributed by atoms with Crippen molar-refractivity contribution in [1.29, 1.82) is 0 Å². The molecule has 0 spiro atoms. The molecule has 0 radical (unpaired) electrons. The number of β-lactam (4-membered cyclic amide) rings is 1. The Morgan fingerprint density at radius 3 is 1.92 bits per heavy atom. The number of nitrogens with zero attached hydrogens (tertiary/aromatic N) is 1. The third kappa shape index (κ3) is 5.52. The van der Waals surface area contributed by atoms with Crippen molar-refractivity contribution in [3.63, 3.8) is 0 Å². The summed E-state index contributed by atoms with van der Waals surface area (Å²) in [5.41, 5.74) is 2.90. The molecule has 36 heavy (non-hydrogen) atoms. The zero-order valence-corrected chi connectivity index (χ0v) is 20.8. The lowest BCUT2D eigenvalue weighted by Crippen LogP contribution is -2.72. The summed E-state index contributed by atoms with van der Waals surface area (Å²) in [5.74, 6) is -1.31. The highest BCUT2D eigenvalue weighted by atomic mass is 32.1. The van der Waals surface area contributed by atoms with Gasteiger partial charge in [0.1, 0.15) is 11.4 Å². The minimum atomic E-state index is -1.03. The number of likely N-dealkylation sites (tertiary alicyclic amines) is 1. The van der Waals surface area contributed by atoms with Crippen LogP contribution in [-0.2, 0) is 25.5 Å². The molecule has 1 heterocycles. The largest absolute Gasteiger partial charge is 0.451 e. The van der Waals surface area contributed by atoms with Crippen LogP contribution in [-0.4, -0.2) is 40.1 Å². The Morgan fingerprint density at radius 1 is 0.944 bits per heavy atom. The van der Waals surface area contributed by atoms with Crippen LogP contribution in [0.5, 0.6) is 0 Å². The van der Waals surface area contributed by atoms with E-state index in [9.17, 15) is 14.4 Å². The second-order valence-corrected chi connectivity index (χ2v) is 9.28. The van der Waals surface area contributed by atoms with E-state index in [1.807, 2.05) is 91.0 Å². The van der Waals surface area contributed by atoms with Gasteiger partial charge in [-0.2, -0.15) is 12.6 Å². The van der Waals surface area contributed by atoms with Gasteiger partial charge in [-0.3, -0.25) is 9.59 Å². The average Bonchev–Trinajstić information content (AvgIpc) is 2.90. The smallest absolute Gasteiger partial charge is 0.334 e. The van der Waals surface area contributed by atoms with Crippen molar-refractivity contribution in [3.05, 3.63) is 120 Å². The van der Waals surface area contributed by atoms with Crippen molar-refractivity contribution in [1.82, 2.24) is 10.2 Å². The van der Waals surface area contributed by atoms with E-state index in [0.29, 0.717) is 5.57 Å². The first-order valence-electron chi connectivity index (χ1n) is 11.7. The van der Waals surface area contributed by atoms with Crippen molar-refractivity contribution in [2.45, 2.75) is 36.9 Å². The molecule has 0 bridgehead atoms. The van der Waals surface area contributed by atoms with Gasteiger partial charge in [-0.05, 0) is 29.2 Å². The van der Waals surface area contributed by atoms with Crippen LogP contribution in [0.4, 0.5) is 0 Å². The second kappa shape index (κ2) is 11.3. The molecule has 2 amide bonds. The molecule has 1 N–H and O–H groups in total. The number of amides is 2. The van der Waals surface area contributed by atoms with Crippen molar-refractivity contribution in [2.75, 3.05) is 0 Å². The highest BCUT2D eigenvalue weighted by Gasteiger charge is 2.52. The zero-order chi connectivity index (χ0) is 25.7. The Morgan fingerprint density at radius 2 is 1.44 bits per heavy atom. The summed E-state index contributed by atoms with van der Waals surface area (Å²) in [5, 5.41) is 2.04. The maximum absolute atomic E-state index is 13.4. The van der Waals surface area contributed by atoms with Crippen LogP contribution in [0.25, 0.3) is 0 Å². The Hall–Kier alpha value is -3.84. The van der Waals surface area contributed by atoms with Crippen LogP contribution < -0.4 is 5.32 Å². The lowest BCUT2D eigenvalue weighted by atomic mass is 9.98. The van der Waals surface area contributed by atoms with Gasteiger partial charge in [-0.25, -0.2) is 4.79 Å². The summed E-state index contributed by atoms with van der Waals surface area (Å²) in [6.45, 7) is 5.59. The van der Waals surface area contributed by atoms with Gasteiger partial charge in [0.15, 0.2) is 12.1 Å². The van der Waals surface area contributed by atoms with Gasteiger partial charge in [0, 0.05) is 0 Å². The Bertz CT molecular complexity index is 1190. The lowest BCUT2D eigenvalue weighted by Gasteiger charge is -2.48. The van der Waals surface area contributed by atoms with Gasteiger partial charge in [0.2, 0.25) is 11.8 Å². The van der Waals surface area contributed by atoms with Gasteiger partial charge in [-0.15, -0.1) is 0 Å². The van der Waals surface area contributed by atoms with Crippen molar-refractivity contribution in [3.8, 4) is 0 Å². The fourth-order valence-electron chi connectivity index (χ4n) is 4.24. The molecular formula is C29H28N2O4S. The van der Waals surface area contributed by atoms with E-state index < -0.39 is 35.4 Å². The predicted molar refractivity (Wildman–Crippen MR) is 141 cm³/mol. The maximum atomic E-state index is 13.4. The number of benzene rings is 3. The molecule has 6 nitrogen and oxygen atoms in total. The summed E-state index contributed by atoms with van der Waals surface area (Å²) in [7, 11) is 0. The topological polar surface area (TPSA) is 75.7 Å². The van der Waals surface area contributed by atoms with Crippen LogP contribution >= 0.6 is 12.6 Å². The Kier molecular flexibility index (Phi) is 7.90. The van der Waals surface area contributed by atoms with Gasteiger partial charge in [0.05, 0.1) is 6.42 Å². The number of nitrogens with one attached hydrogen (secondary N) is 1. The lowest BCUT2D eigenvalue weighted by molar-refractivity contribution is -0.165. The molecule has 184 valence electrons. The molecule has 3 atom stereocenters. The summed E-state index contributed by atoms with van der Waals surface area (Å²) in [4.78, 5) is 40.3. The van der Waals surface area contributed by atoms with Gasteiger partial charge in [0.25, 0.3) is 0 Å². The van der Waals surface area contributed by atoms with E-state index in [0.717, 1.165) is 16.7 Å². The monoisotopic (exact) mass is 500 g/mol. The highest BCUT2D eigenvalue weighted by molar-refractivity contribution is 7.81. The number of esters is 1. The van der Waals surface area contributed by atoms with Crippen LogP contribution in [0.1, 0.15) is 29.7 Å². The molecule has 1 saturated heterocycles. The molecule has 3 aromatic rings. The average molecular weight is 501 g/mol. The van der Waals surface area contributed by atoms with E-state index in [2.05, 4.69) is 24.5 Å². The first kappa shape index (κ1) is 25.3. The van der Waals surface area contributed by atoms with E-state index in [1.165, 1.54) is 4.90 Å². The molecule has 0 aromatic heterocycles. The minimum Gasteiger partial charge on any atom is -0.451 e. The third-order valence-electron chi connectivity index (χ3n) is 6.03. The molecule has 7 heteroatoms. The number of hydrogen-bond donors (Lipinski definition) is 2. The summed E-state index contributed by atoms with van der Waals surface area (Å²) < 4.78 is 5.98. The van der Waals surface area contributed by atoms with E-state index >= 15 is 0 Å². The molecule has 0 aliphatic carbocycles. The van der Waals surface area contributed by atoms with E-state index in [-0.39, 0.29) is 12.3 Å². The molecule has 3 unspecified atom stereocenters. The third-order valence-corrected chi connectivity index (χ3v) is 6.58. The first-order chi connectivity index (χ1) is 17.4. The number of hydrogen-bond acceptors (Lipinski definition) is 5. The normalized spacial score (nSPS) is 17.8. The summed E-state index contributed by atoms with van der Waals surface area (Å²) >= 11 is 4.54. The van der Waals surface area contributed by atoms with Crippen LogP contribution in [0.15, 0.2) is 103 Å². The second-order valence-electron chi connectivity index (χ2n) is 8.75. The molecular weight excluding hydrogens is 472 g/mol.